The molecule has 1 saturated heterocycles. The summed E-state index contributed by atoms with van der Waals surface area (Å²) in [6.07, 6.45) is 11.0. The average Bonchev–Trinajstić information content (AvgIpc) is 3.62. The highest BCUT2D eigenvalue weighted by Gasteiger charge is 2.34. The largest absolute Gasteiger partial charge is 0.312 e. The monoisotopic (exact) mass is 511 g/mol. The Bertz CT molecular complexity index is 1180. The van der Waals surface area contributed by atoms with E-state index in [1.54, 1.807) is 13.0 Å². The third-order valence-electron chi connectivity index (χ3n) is 9.24. The van der Waals surface area contributed by atoms with Gasteiger partial charge in [0.05, 0.1) is 11.6 Å². The van der Waals surface area contributed by atoms with E-state index in [2.05, 4.69) is 29.2 Å². The molecule has 38 heavy (non-hydrogen) atoms. The third kappa shape index (κ3) is 6.18. The van der Waals surface area contributed by atoms with Gasteiger partial charge in [0.15, 0.2) is 0 Å². The van der Waals surface area contributed by atoms with Crippen LogP contribution >= 0.6 is 0 Å². The van der Waals surface area contributed by atoms with Gasteiger partial charge in [0, 0.05) is 31.5 Å². The van der Waals surface area contributed by atoms with Crippen LogP contribution in [0.15, 0.2) is 42.5 Å². The molecule has 3 aliphatic rings. The molecule has 1 saturated carbocycles. The third-order valence-corrected chi connectivity index (χ3v) is 9.24. The van der Waals surface area contributed by atoms with E-state index in [1.165, 1.54) is 44.2 Å². The Morgan fingerprint density at radius 3 is 2.55 bits per heavy atom. The number of aryl methyl sites for hydroxylation is 1. The number of hydrogen-bond acceptors (Lipinski definition) is 4. The number of ketones is 1. The van der Waals surface area contributed by atoms with Crippen molar-refractivity contribution in [2.75, 3.05) is 31.1 Å². The minimum Gasteiger partial charge on any atom is -0.312 e. The highest BCUT2D eigenvalue weighted by molar-refractivity contribution is 5.94. The number of anilines is 1. The van der Waals surface area contributed by atoms with Gasteiger partial charge >= 0.3 is 0 Å². The lowest BCUT2D eigenvalue weighted by molar-refractivity contribution is -0.122. The van der Waals surface area contributed by atoms with Gasteiger partial charge in [0.25, 0.3) is 0 Å². The summed E-state index contributed by atoms with van der Waals surface area (Å²) in [6.45, 7) is 5.67. The Balaban J connectivity index is 1.31. The van der Waals surface area contributed by atoms with Gasteiger partial charge < -0.3 is 9.80 Å². The summed E-state index contributed by atoms with van der Waals surface area (Å²) in [5, 5.41) is 9.26. The molecule has 1 aliphatic carbocycles. The zero-order valence-electron chi connectivity index (χ0n) is 22.8. The molecule has 0 aromatic heterocycles. The summed E-state index contributed by atoms with van der Waals surface area (Å²) in [7, 11) is 0. The maximum atomic E-state index is 13.9. The highest BCUT2D eigenvalue weighted by Crippen LogP contribution is 2.39. The van der Waals surface area contributed by atoms with E-state index < -0.39 is 0 Å². The standard InChI is InChI=1S/C33H41N3O2/c1-24(37)36-20-16-28-10-11-30(22-31(28)36)33(32(38)12-9-26-7-4-8-27(21-26)23-34)29-14-18-35(19-15-29)17-13-25-5-2-3-6-25/h4,7-8,10-11,21-22,25,29,33H,2-3,5-6,9,12-20H2,1H3. The first-order chi connectivity index (χ1) is 18.5. The molecule has 1 unspecified atom stereocenters. The zero-order chi connectivity index (χ0) is 26.5. The maximum Gasteiger partial charge on any atom is 0.223 e. The molecule has 0 radical (unpaired) electrons. The smallest absolute Gasteiger partial charge is 0.223 e. The molecule has 2 aromatic rings. The lowest BCUT2D eigenvalue weighted by atomic mass is 9.76. The predicted octanol–water partition coefficient (Wildman–Crippen LogP) is 6.05. The number of piperidine rings is 1. The fourth-order valence-electron chi connectivity index (χ4n) is 7.03. The predicted molar refractivity (Wildman–Crippen MR) is 151 cm³/mol. The number of fused-ring (bicyclic) bond motifs is 1. The first kappa shape index (κ1) is 26.6. The Morgan fingerprint density at radius 1 is 1.03 bits per heavy atom. The van der Waals surface area contributed by atoms with Crippen LogP contribution in [0.5, 0.6) is 0 Å². The van der Waals surface area contributed by atoms with Crippen LogP contribution in [0.4, 0.5) is 5.69 Å². The van der Waals surface area contributed by atoms with Gasteiger partial charge in [-0.25, -0.2) is 0 Å². The van der Waals surface area contributed by atoms with Gasteiger partial charge in [0.1, 0.15) is 5.78 Å². The topological polar surface area (TPSA) is 64.4 Å². The summed E-state index contributed by atoms with van der Waals surface area (Å²) in [5.74, 6) is 1.43. The number of rotatable bonds is 9. The summed E-state index contributed by atoms with van der Waals surface area (Å²) in [5.41, 5.74) is 4.93. The molecule has 0 bridgehead atoms. The Kier molecular flexibility index (Phi) is 8.59. The van der Waals surface area contributed by atoms with Crippen LogP contribution in [0.25, 0.3) is 0 Å². The van der Waals surface area contributed by atoms with Crippen molar-refractivity contribution in [1.82, 2.24) is 4.90 Å². The van der Waals surface area contributed by atoms with Gasteiger partial charge in [-0.3, -0.25) is 9.59 Å². The molecule has 2 fully saturated rings. The molecule has 5 heteroatoms. The van der Waals surface area contributed by atoms with Crippen molar-refractivity contribution in [3.63, 3.8) is 0 Å². The summed E-state index contributed by atoms with van der Waals surface area (Å²) < 4.78 is 0. The molecular weight excluding hydrogens is 470 g/mol. The quantitative estimate of drug-likeness (QED) is 0.411. The number of nitrogens with zero attached hydrogens (tertiary/aromatic N) is 3. The number of Topliss-reactive ketones (excluding diaryl/α,β-unsaturated/α-hetero) is 1. The van der Waals surface area contributed by atoms with Crippen LogP contribution in [-0.2, 0) is 22.4 Å². The first-order valence-electron chi connectivity index (χ1n) is 14.7. The molecular formula is C33H41N3O2. The lowest BCUT2D eigenvalue weighted by Gasteiger charge is -2.36. The zero-order valence-corrected chi connectivity index (χ0v) is 22.8. The van der Waals surface area contributed by atoms with Crippen LogP contribution in [0.3, 0.4) is 0 Å². The molecule has 0 spiro atoms. The van der Waals surface area contributed by atoms with Gasteiger partial charge in [0.2, 0.25) is 5.91 Å². The average molecular weight is 512 g/mol. The van der Waals surface area contributed by atoms with Gasteiger partial charge in [-0.05, 0) is 98.5 Å². The number of amides is 1. The molecule has 0 N–H and O–H groups in total. The van der Waals surface area contributed by atoms with Crippen molar-refractivity contribution in [2.24, 2.45) is 11.8 Å². The normalized spacial score (nSPS) is 19.3. The Hall–Kier alpha value is -2.97. The van der Waals surface area contributed by atoms with E-state index in [1.807, 2.05) is 23.1 Å². The Morgan fingerprint density at radius 2 is 1.82 bits per heavy atom. The van der Waals surface area contributed by atoms with Crippen molar-refractivity contribution in [3.8, 4) is 6.07 Å². The van der Waals surface area contributed by atoms with Crippen LogP contribution in [-0.4, -0.2) is 42.8 Å². The van der Waals surface area contributed by atoms with Gasteiger partial charge in [-0.15, -0.1) is 0 Å². The molecule has 5 rings (SSSR count). The molecule has 200 valence electrons. The molecule has 1 amide bonds. The summed E-state index contributed by atoms with van der Waals surface area (Å²) in [4.78, 5) is 30.6. The molecule has 5 nitrogen and oxygen atoms in total. The molecule has 2 aromatic carbocycles. The van der Waals surface area contributed by atoms with Crippen molar-refractivity contribution in [1.29, 1.82) is 5.26 Å². The van der Waals surface area contributed by atoms with Crippen molar-refractivity contribution in [3.05, 3.63) is 64.7 Å². The van der Waals surface area contributed by atoms with Crippen molar-refractivity contribution < 1.29 is 9.59 Å². The highest BCUT2D eigenvalue weighted by atomic mass is 16.2. The summed E-state index contributed by atoms with van der Waals surface area (Å²) >= 11 is 0. The fourth-order valence-corrected chi connectivity index (χ4v) is 7.03. The van der Waals surface area contributed by atoms with Crippen LogP contribution in [0.1, 0.15) is 86.5 Å². The molecule has 2 aliphatic heterocycles. The van der Waals surface area contributed by atoms with Gasteiger partial charge in [-0.1, -0.05) is 49.9 Å². The summed E-state index contributed by atoms with van der Waals surface area (Å²) in [6, 6.07) is 16.2. The van der Waals surface area contributed by atoms with Crippen LogP contribution in [0, 0.1) is 23.2 Å². The van der Waals surface area contributed by atoms with Crippen LogP contribution < -0.4 is 4.90 Å². The number of nitriles is 1. The minimum absolute atomic E-state index is 0.0664. The number of hydrogen-bond donors (Lipinski definition) is 0. The van der Waals surface area contributed by atoms with Crippen molar-refractivity contribution in [2.45, 2.75) is 77.0 Å². The van der Waals surface area contributed by atoms with E-state index in [0.29, 0.717) is 24.3 Å². The van der Waals surface area contributed by atoms with E-state index in [9.17, 15) is 14.9 Å². The molecule has 1 atom stereocenters. The van der Waals surface area contributed by atoms with Gasteiger partial charge in [-0.2, -0.15) is 5.26 Å². The Labute approximate surface area is 227 Å². The number of carbonyl (C=O) groups excluding carboxylic acids is 2. The fraction of sp³-hybridized carbons (Fsp3) is 0.545. The lowest BCUT2D eigenvalue weighted by Crippen LogP contribution is -2.38. The second-order valence-electron chi connectivity index (χ2n) is 11.7. The second kappa shape index (κ2) is 12.3. The first-order valence-corrected chi connectivity index (χ1v) is 14.7. The number of carbonyl (C=O) groups is 2. The van der Waals surface area contributed by atoms with E-state index >= 15 is 0 Å². The molecule has 2 heterocycles. The van der Waals surface area contributed by atoms with Crippen molar-refractivity contribution >= 4 is 17.4 Å². The minimum atomic E-state index is -0.147. The number of likely N-dealkylation sites (tertiary alicyclic amines) is 1. The number of benzene rings is 2. The van der Waals surface area contributed by atoms with E-state index in [-0.39, 0.29) is 17.6 Å². The SMILES string of the molecule is CC(=O)N1CCc2ccc(C(C(=O)CCc3cccc(C#N)c3)C3CCN(CCC4CCCC4)CC3)cc21. The maximum absolute atomic E-state index is 13.9. The van der Waals surface area contributed by atoms with Crippen LogP contribution in [0.2, 0.25) is 0 Å². The second-order valence-corrected chi connectivity index (χ2v) is 11.7. The van der Waals surface area contributed by atoms with E-state index in [4.69, 9.17) is 0 Å². The van der Waals surface area contributed by atoms with E-state index in [0.717, 1.165) is 61.6 Å².